The van der Waals surface area contributed by atoms with Crippen LogP contribution in [0.5, 0.6) is 5.75 Å². The maximum atomic E-state index is 12.9. The van der Waals surface area contributed by atoms with Crippen molar-refractivity contribution in [2.24, 2.45) is 0 Å². The molecule has 0 radical (unpaired) electrons. The number of ketones is 1. The van der Waals surface area contributed by atoms with Gasteiger partial charge < -0.3 is 9.72 Å². The zero-order valence-electron chi connectivity index (χ0n) is 11.1. The van der Waals surface area contributed by atoms with Gasteiger partial charge in [-0.05, 0) is 52.9 Å². The van der Waals surface area contributed by atoms with Crippen LogP contribution in [0.1, 0.15) is 15.9 Å². The molecule has 0 amide bonds. The second-order valence-corrected chi connectivity index (χ2v) is 6.62. The highest BCUT2D eigenvalue weighted by atomic mass is 127. The van der Waals surface area contributed by atoms with Crippen molar-refractivity contribution in [3.8, 4) is 5.75 Å². The van der Waals surface area contributed by atoms with E-state index >= 15 is 0 Å². The molecule has 0 aliphatic heterocycles. The van der Waals surface area contributed by atoms with Gasteiger partial charge >= 0.3 is 0 Å². The van der Waals surface area contributed by atoms with Gasteiger partial charge in [0, 0.05) is 25.3 Å². The van der Waals surface area contributed by atoms with E-state index in [9.17, 15) is 4.79 Å². The van der Waals surface area contributed by atoms with Crippen molar-refractivity contribution in [2.75, 3.05) is 7.11 Å². The van der Waals surface area contributed by atoms with Crippen LogP contribution in [0, 0.1) is 3.57 Å². The minimum absolute atomic E-state index is 0.0172. The van der Waals surface area contributed by atoms with Crippen LogP contribution in [0.4, 0.5) is 0 Å². The summed E-state index contributed by atoms with van der Waals surface area (Å²) in [5.74, 6) is 0.679. The highest BCUT2D eigenvalue weighted by Gasteiger charge is 2.19. The van der Waals surface area contributed by atoms with E-state index in [1.54, 1.807) is 13.3 Å². The van der Waals surface area contributed by atoms with E-state index in [4.69, 9.17) is 4.74 Å². The Labute approximate surface area is 144 Å². The molecule has 1 heterocycles. The fourth-order valence-electron chi connectivity index (χ4n) is 2.32. The largest absolute Gasteiger partial charge is 0.496 e. The fourth-order valence-corrected chi connectivity index (χ4v) is 3.26. The molecule has 3 nitrogen and oxygen atoms in total. The molecule has 3 aromatic rings. The number of aromatic amines is 1. The van der Waals surface area contributed by atoms with E-state index in [1.165, 1.54) is 0 Å². The Kier molecular flexibility index (Phi) is 4.03. The van der Waals surface area contributed by atoms with Crippen LogP contribution in [0.15, 0.2) is 47.1 Å². The van der Waals surface area contributed by atoms with Crippen molar-refractivity contribution in [2.45, 2.75) is 0 Å². The molecule has 106 valence electrons. The Hall–Kier alpha value is -1.34. The van der Waals surface area contributed by atoms with Crippen molar-refractivity contribution < 1.29 is 9.53 Å². The summed E-state index contributed by atoms with van der Waals surface area (Å²) in [7, 11) is 1.61. The number of fused-ring (bicyclic) bond motifs is 1. The molecule has 0 spiro atoms. The van der Waals surface area contributed by atoms with Crippen LogP contribution in [-0.2, 0) is 0 Å². The third-order valence-electron chi connectivity index (χ3n) is 3.31. The summed E-state index contributed by atoms with van der Waals surface area (Å²) in [6, 6.07) is 11.4. The lowest BCUT2D eigenvalue weighted by Gasteiger charge is -2.06. The van der Waals surface area contributed by atoms with Gasteiger partial charge in [-0.15, -0.1) is 0 Å². The van der Waals surface area contributed by atoms with Crippen molar-refractivity contribution in [1.29, 1.82) is 0 Å². The van der Waals surface area contributed by atoms with Gasteiger partial charge in [0.05, 0.1) is 18.1 Å². The van der Waals surface area contributed by atoms with E-state index in [0.29, 0.717) is 16.9 Å². The lowest BCUT2D eigenvalue weighted by molar-refractivity contribution is 0.103. The number of benzene rings is 2. The van der Waals surface area contributed by atoms with Crippen LogP contribution in [0.3, 0.4) is 0 Å². The maximum Gasteiger partial charge on any atom is 0.196 e. The predicted molar refractivity (Wildman–Crippen MR) is 95.1 cm³/mol. The van der Waals surface area contributed by atoms with Gasteiger partial charge in [0.1, 0.15) is 5.75 Å². The minimum atomic E-state index is -0.0172. The number of nitrogens with one attached hydrogen (secondary N) is 1. The normalized spacial score (nSPS) is 10.8. The SMILES string of the molecule is COc1cccc2[nH]cc(C(=O)c3cc(Br)ccc3I)c12. The first-order valence-corrected chi connectivity index (χ1v) is 8.13. The number of carbonyl (C=O) groups is 1. The quantitative estimate of drug-likeness (QED) is 0.456. The Morgan fingerprint density at radius 1 is 1.24 bits per heavy atom. The van der Waals surface area contributed by atoms with E-state index in [0.717, 1.165) is 18.9 Å². The minimum Gasteiger partial charge on any atom is -0.496 e. The second kappa shape index (κ2) is 5.81. The molecule has 0 atom stereocenters. The van der Waals surface area contributed by atoms with E-state index in [1.807, 2.05) is 36.4 Å². The number of methoxy groups -OCH3 is 1. The van der Waals surface area contributed by atoms with Crippen LogP contribution in [-0.4, -0.2) is 17.9 Å². The van der Waals surface area contributed by atoms with Gasteiger partial charge in [-0.2, -0.15) is 0 Å². The molecule has 2 aromatic carbocycles. The third kappa shape index (κ3) is 2.60. The van der Waals surface area contributed by atoms with Crippen molar-refractivity contribution in [3.63, 3.8) is 0 Å². The Bertz CT molecular complexity index is 841. The monoisotopic (exact) mass is 455 g/mol. The van der Waals surface area contributed by atoms with Gasteiger partial charge in [0.2, 0.25) is 0 Å². The summed E-state index contributed by atoms with van der Waals surface area (Å²) in [5, 5.41) is 0.820. The molecular weight excluding hydrogens is 445 g/mol. The molecule has 0 fully saturated rings. The van der Waals surface area contributed by atoms with Crippen molar-refractivity contribution >= 4 is 55.2 Å². The molecule has 1 N–H and O–H groups in total. The van der Waals surface area contributed by atoms with Gasteiger partial charge in [-0.1, -0.05) is 22.0 Å². The number of hydrogen-bond donors (Lipinski definition) is 1. The molecule has 1 aromatic heterocycles. The molecule has 0 aliphatic carbocycles. The average molecular weight is 456 g/mol. The Morgan fingerprint density at radius 2 is 2.05 bits per heavy atom. The zero-order valence-corrected chi connectivity index (χ0v) is 14.9. The predicted octanol–water partition coefficient (Wildman–Crippen LogP) is 4.77. The number of hydrogen-bond acceptors (Lipinski definition) is 2. The first-order chi connectivity index (χ1) is 10.1. The summed E-state index contributed by atoms with van der Waals surface area (Å²) >= 11 is 5.59. The van der Waals surface area contributed by atoms with Crippen molar-refractivity contribution in [1.82, 2.24) is 4.98 Å². The molecular formula is C16H11BrINO2. The summed E-state index contributed by atoms with van der Waals surface area (Å²) in [6.45, 7) is 0. The first-order valence-electron chi connectivity index (χ1n) is 6.25. The van der Waals surface area contributed by atoms with Crippen LogP contribution < -0.4 is 4.74 Å². The number of H-pyrrole nitrogens is 1. The number of rotatable bonds is 3. The van der Waals surface area contributed by atoms with Gasteiger partial charge in [0.25, 0.3) is 0 Å². The summed E-state index contributed by atoms with van der Waals surface area (Å²) in [5.41, 5.74) is 2.19. The van der Waals surface area contributed by atoms with E-state index < -0.39 is 0 Å². The molecule has 21 heavy (non-hydrogen) atoms. The third-order valence-corrected chi connectivity index (χ3v) is 4.74. The number of carbonyl (C=O) groups excluding carboxylic acids is 1. The first kappa shape index (κ1) is 14.6. The van der Waals surface area contributed by atoms with Gasteiger partial charge in [-0.25, -0.2) is 0 Å². The summed E-state index contributed by atoms with van der Waals surface area (Å²) < 4.78 is 7.19. The van der Waals surface area contributed by atoms with Crippen molar-refractivity contribution in [3.05, 3.63) is 61.8 Å². The average Bonchev–Trinajstić information content (AvgIpc) is 2.93. The highest BCUT2D eigenvalue weighted by Crippen LogP contribution is 2.31. The number of aromatic nitrogens is 1. The lowest BCUT2D eigenvalue weighted by atomic mass is 10.0. The smallest absolute Gasteiger partial charge is 0.196 e. The molecule has 0 unspecified atom stereocenters. The molecule has 0 saturated carbocycles. The second-order valence-electron chi connectivity index (χ2n) is 4.54. The highest BCUT2D eigenvalue weighted by molar-refractivity contribution is 14.1. The number of halogens is 2. The molecule has 5 heteroatoms. The van der Waals surface area contributed by atoms with Crippen LogP contribution in [0.25, 0.3) is 10.9 Å². The summed E-state index contributed by atoms with van der Waals surface area (Å²) in [4.78, 5) is 16.0. The van der Waals surface area contributed by atoms with Crippen LogP contribution in [0.2, 0.25) is 0 Å². The lowest BCUT2D eigenvalue weighted by Crippen LogP contribution is -2.03. The van der Waals surface area contributed by atoms with Crippen LogP contribution >= 0.6 is 38.5 Å². The molecule has 0 aliphatic rings. The maximum absolute atomic E-state index is 12.9. The number of ether oxygens (including phenoxy) is 1. The topological polar surface area (TPSA) is 42.1 Å². The summed E-state index contributed by atoms with van der Waals surface area (Å²) in [6.07, 6.45) is 1.74. The fraction of sp³-hybridized carbons (Fsp3) is 0.0625. The Morgan fingerprint density at radius 3 is 2.81 bits per heavy atom. The van der Waals surface area contributed by atoms with Gasteiger partial charge in [0.15, 0.2) is 5.78 Å². The van der Waals surface area contributed by atoms with E-state index in [2.05, 4.69) is 43.5 Å². The van der Waals surface area contributed by atoms with Gasteiger partial charge in [-0.3, -0.25) is 4.79 Å². The molecule has 0 saturated heterocycles. The molecule has 0 bridgehead atoms. The Balaban J connectivity index is 2.20. The standard InChI is InChI=1S/C16H11BrINO2/c1-21-14-4-2-3-13-15(14)11(8-19-13)16(20)10-7-9(17)5-6-12(10)18/h2-8,19H,1H3. The zero-order chi connectivity index (χ0) is 15.0. The molecule has 3 rings (SSSR count). The van der Waals surface area contributed by atoms with E-state index in [-0.39, 0.29) is 5.78 Å².